The second kappa shape index (κ2) is 4.74. The van der Waals surface area contributed by atoms with Crippen molar-refractivity contribution in [2.45, 2.75) is 85.5 Å². The van der Waals surface area contributed by atoms with Crippen LogP contribution in [0.5, 0.6) is 0 Å². The van der Waals surface area contributed by atoms with Gasteiger partial charge in [-0.15, -0.1) is 0 Å². The lowest BCUT2D eigenvalue weighted by Gasteiger charge is -2.60. The molecule has 122 valence electrons. The van der Waals surface area contributed by atoms with E-state index < -0.39 is 0 Å². The minimum atomic E-state index is 0.488. The quantitative estimate of drug-likeness (QED) is 0.438. The maximum Gasteiger partial charge on any atom is -0.00479 e. The average molecular weight is 299 g/mol. The smallest absolute Gasteiger partial charge is 0.00479 e. The fourth-order valence-electron chi connectivity index (χ4n) is 7.18. The summed E-state index contributed by atoms with van der Waals surface area (Å²) in [6, 6.07) is 0. The second-order valence-electron chi connectivity index (χ2n) is 9.49. The van der Waals surface area contributed by atoms with Crippen molar-refractivity contribution in [3.8, 4) is 0 Å². The third kappa shape index (κ3) is 1.70. The Kier molecular flexibility index (Phi) is 3.24. The standard InChI is InChI=1S/C22H34/c1-5-16-8-9-18-17-10-14-20(2)12-6-7-13-22(20,4)19(17)11-15-21(16,18)3/h5,11,17-18H,6-10,12-15H2,1-4H3. The van der Waals surface area contributed by atoms with Crippen LogP contribution in [0.4, 0.5) is 0 Å². The number of hydrogen-bond acceptors (Lipinski definition) is 0. The molecule has 4 aliphatic carbocycles. The van der Waals surface area contributed by atoms with E-state index in [2.05, 4.69) is 39.8 Å². The van der Waals surface area contributed by atoms with Crippen LogP contribution in [-0.2, 0) is 0 Å². The normalized spacial score (nSPS) is 52.7. The molecule has 4 aliphatic rings. The van der Waals surface area contributed by atoms with E-state index in [9.17, 15) is 0 Å². The molecule has 0 aliphatic heterocycles. The van der Waals surface area contributed by atoms with Gasteiger partial charge < -0.3 is 0 Å². The summed E-state index contributed by atoms with van der Waals surface area (Å²) in [4.78, 5) is 0. The number of fused-ring (bicyclic) bond motifs is 5. The van der Waals surface area contributed by atoms with E-state index in [0.717, 1.165) is 11.8 Å². The van der Waals surface area contributed by atoms with Gasteiger partial charge in [0.05, 0.1) is 0 Å². The van der Waals surface area contributed by atoms with Gasteiger partial charge in [-0.3, -0.25) is 0 Å². The van der Waals surface area contributed by atoms with Crippen LogP contribution < -0.4 is 0 Å². The van der Waals surface area contributed by atoms with Crippen molar-refractivity contribution >= 4 is 0 Å². The molecular weight excluding hydrogens is 264 g/mol. The van der Waals surface area contributed by atoms with E-state index in [1.165, 1.54) is 57.8 Å². The first kappa shape index (κ1) is 15.0. The third-order valence-corrected chi connectivity index (χ3v) is 8.89. The maximum atomic E-state index is 2.73. The molecule has 0 aromatic rings. The minimum Gasteiger partial charge on any atom is -0.0879 e. The summed E-state index contributed by atoms with van der Waals surface area (Å²) >= 11 is 0. The summed E-state index contributed by atoms with van der Waals surface area (Å²) in [5.74, 6) is 1.83. The SMILES string of the molecule is CC=C1CCC2C3CCC4(C)CCCCC4(C)C3=CCC12C. The third-order valence-electron chi connectivity index (χ3n) is 8.89. The first-order valence-corrected chi connectivity index (χ1v) is 9.81. The summed E-state index contributed by atoms with van der Waals surface area (Å²) in [6.07, 6.45) is 18.1. The molecule has 22 heavy (non-hydrogen) atoms. The molecule has 0 saturated heterocycles. The van der Waals surface area contributed by atoms with Gasteiger partial charge in [0, 0.05) is 0 Å². The van der Waals surface area contributed by atoms with Crippen molar-refractivity contribution < 1.29 is 0 Å². The summed E-state index contributed by atoms with van der Waals surface area (Å²) in [5.41, 5.74) is 5.25. The highest BCUT2D eigenvalue weighted by atomic mass is 14.6. The first-order chi connectivity index (χ1) is 10.4. The molecule has 0 N–H and O–H groups in total. The monoisotopic (exact) mass is 298 g/mol. The van der Waals surface area contributed by atoms with Crippen molar-refractivity contribution in [2.75, 3.05) is 0 Å². The first-order valence-electron chi connectivity index (χ1n) is 9.81. The Morgan fingerprint density at radius 1 is 1.05 bits per heavy atom. The Morgan fingerprint density at radius 2 is 1.82 bits per heavy atom. The van der Waals surface area contributed by atoms with E-state index in [4.69, 9.17) is 0 Å². The summed E-state index contributed by atoms with van der Waals surface area (Å²) in [7, 11) is 0. The molecule has 3 fully saturated rings. The van der Waals surface area contributed by atoms with Crippen LogP contribution in [0.2, 0.25) is 0 Å². The Bertz CT molecular complexity index is 538. The van der Waals surface area contributed by atoms with Crippen molar-refractivity contribution in [3.63, 3.8) is 0 Å². The van der Waals surface area contributed by atoms with Gasteiger partial charge in [-0.05, 0) is 80.0 Å². The van der Waals surface area contributed by atoms with Crippen LogP contribution >= 0.6 is 0 Å². The zero-order valence-electron chi connectivity index (χ0n) is 15.2. The molecule has 5 atom stereocenters. The van der Waals surface area contributed by atoms with Gasteiger partial charge in [0.2, 0.25) is 0 Å². The topological polar surface area (TPSA) is 0 Å². The average Bonchev–Trinajstić information content (AvgIpc) is 2.84. The van der Waals surface area contributed by atoms with Crippen LogP contribution in [-0.4, -0.2) is 0 Å². The number of hydrogen-bond donors (Lipinski definition) is 0. The zero-order valence-corrected chi connectivity index (χ0v) is 15.2. The summed E-state index contributed by atoms with van der Waals surface area (Å²) < 4.78 is 0. The van der Waals surface area contributed by atoms with Gasteiger partial charge in [-0.25, -0.2) is 0 Å². The van der Waals surface area contributed by atoms with Gasteiger partial charge in [-0.1, -0.05) is 56.9 Å². The summed E-state index contributed by atoms with van der Waals surface area (Å²) in [6.45, 7) is 10.1. The van der Waals surface area contributed by atoms with Crippen LogP contribution in [0.3, 0.4) is 0 Å². The lowest BCUT2D eigenvalue weighted by Crippen LogP contribution is -2.51. The Labute approximate surface area is 137 Å². The van der Waals surface area contributed by atoms with E-state index in [-0.39, 0.29) is 0 Å². The van der Waals surface area contributed by atoms with Gasteiger partial charge in [0.1, 0.15) is 0 Å². The molecule has 4 rings (SSSR count). The van der Waals surface area contributed by atoms with E-state index >= 15 is 0 Å². The van der Waals surface area contributed by atoms with E-state index in [1.54, 1.807) is 5.57 Å². The summed E-state index contributed by atoms with van der Waals surface area (Å²) in [5, 5.41) is 0. The Balaban J connectivity index is 1.76. The van der Waals surface area contributed by atoms with Gasteiger partial charge in [-0.2, -0.15) is 0 Å². The highest BCUT2D eigenvalue weighted by Gasteiger charge is 2.58. The predicted octanol–water partition coefficient (Wildman–Crippen LogP) is 6.68. The second-order valence-corrected chi connectivity index (χ2v) is 9.49. The molecule has 0 aromatic carbocycles. The maximum absolute atomic E-state index is 2.73. The fraction of sp³-hybridized carbons (Fsp3) is 0.818. The molecule has 0 bridgehead atoms. The van der Waals surface area contributed by atoms with Crippen LogP contribution in [0.15, 0.2) is 23.3 Å². The molecule has 0 heteroatoms. The lowest BCUT2D eigenvalue weighted by molar-refractivity contribution is -0.0213. The zero-order chi connectivity index (χ0) is 15.6. The molecule has 0 nitrogen and oxygen atoms in total. The Morgan fingerprint density at radius 3 is 2.59 bits per heavy atom. The molecule has 0 amide bonds. The molecule has 5 unspecified atom stereocenters. The number of allylic oxidation sites excluding steroid dienone is 4. The highest BCUT2D eigenvalue weighted by Crippen LogP contribution is 2.68. The van der Waals surface area contributed by atoms with Crippen molar-refractivity contribution in [1.82, 2.24) is 0 Å². The minimum absolute atomic E-state index is 0.488. The fourth-order valence-corrected chi connectivity index (χ4v) is 7.18. The molecule has 3 saturated carbocycles. The van der Waals surface area contributed by atoms with Gasteiger partial charge in [0.15, 0.2) is 0 Å². The van der Waals surface area contributed by atoms with Gasteiger partial charge >= 0.3 is 0 Å². The van der Waals surface area contributed by atoms with Crippen molar-refractivity contribution in [3.05, 3.63) is 23.3 Å². The molecule has 0 radical (unpaired) electrons. The van der Waals surface area contributed by atoms with Crippen molar-refractivity contribution in [2.24, 2.45) is 28.1 Å². The van der Waals surface area contributed by atoms with E-state index in [0.29, 0.717) is 16.2 Å². The molecule has 0 spiro atoms. The van der Waals surface area contributed by atoms with E-state index in [1.807, 2.05) is 5.57 Å². The molecule has 0 aromatic heterocycles. The van der Waals surface area contributed by atoms with Gasteiger partial charge in [0.25, 0.3) is 0 Å². The van der Waals surface area contributed by atoms with Crippen molar-refractivity contribution in [1.29, 1.82) is 0 Å². The predicted molar refractivity (Wildman–Crippen MR) is 94.7 cm³/mol. The number of rotatable bonds is 0. The molecule has 0 heterocycles. The van der Waals surface area contributed by atoms with Crippen LogP contribution in [0.25, 0.3) is 0 Å². The Hall–Kier alpha value is -0.520. The molecular formula is C22H34. The largest absolute Gasteiger partial charge is 0.0879 e. The lowest BCUT2D eigenvalue weighted by atomic mass is 9.44. The van der Waals surface area contributed by atoms with Crippen LogP contribution in [0, 0.1) is 28.1 Å². The van der Waals surface area contributed by atoms with Crippen LogP contribution in [0.1, 0.15) is 85.5 Å². The highest BCUT2D eigenvalue weighted by molar-refractivity contribution is 5.35.